The van der Waals surface area contributed by atoms with Crippen LogP contribution in [0.4, 0.5) is 0 Å². The molecule has 0 radical (unpaired) electrons. The number of hydrogen-bond acceptors (Lipinski definition) is 4. The maximum absolute atomic E-state index is 8.83. The molecule has 0 N–H and O–H groups in total. The van der Waals surface area contributed by atoms with Gasteiger partial charge in [0, 0.05) is 18.3 Å². The predicted molar refractivity (Wildman–Crippen MR) is 65.3 cm³/mol. The van der Waals surface area contributed by atoms with Gasteiger partial charge < -0.3 is 4.52 Å². The third-order valence-electron chi connectivity index (χ3n) is 3.08. The van der Waals surface area contributed by atoms with E-state index in [0.29, 0.717) is 18.7 Å². The second-order valence-corrected chi connectivity index (χ2v) is 5.94. The molecular weight excluding hydrogens is 214 g/mol. The maximum atomic E-state index is 8.83. The zero-order chi connectivity index (χ0) is 13.1. The van der Waals surface area contributed by atoms with Crippen molar-refractivity contribution in [1.82, 2.24) is 10.1 Å². The van der Waals surface area contributed by atoms with Crippen molar-refractivity contribution in [3.8, 4) is 6.07 Å². The van der Waals surface area contributed by atoms with Crippen molar-refractivity contribution >= 4 is 0 Å². The van der Waals surface area contributed by atoms with Crippen molar-refractivity contribution in [2.75, 3.05) is 0 Å². The Labute approximate surface area is 103 Å². The van der Waals surface area contributed by atoms with Crippen LogP contribution in [0.1, 0.15) is 59.2 Å². The first-order valence-corrected chi connectivity index (χ1v) is 6.01. The van der Waals surface area contributed by atoms with Crippen LogP contribution in [0.3, 0.4) is 0 Å². The van der Waals surface area contributed by atoms with Crippen molar-refractivity contribution in [2.24, 2.45) is 5.41 Å². The Morgan fingerprint density at radius 2 is 1.94 bits per heavy atom. The summed E-state index contributed by atoms with van der Waals surface area (Å²) in [5.74, 6) is 1.36. The minimum absolute atomic E-state index is 0.0730. The molecule has 17 heavy (non-hydrogen) atoms. The van der Waals surface area contributed by atoms with Gasteiger partial charge in [0.25, 0.3) is 0 Å². The van der Waals surface area contributed by atoms with E-state index in [-0.39, 0.29) is 10.8 Å². The van der Waals surface area contributed by atoms with Crippen LogP contribution in [0.5, 0.6) is 0 Å². The van der Waals surface area contributed by atoms with Gasteiger partial charge in [0.05, 0.1) is 6.07 Å². The van der Waals surface area contributed by atoms with E-state index < -0.39 is 0 Å². The Kier molecular flexibility index (Phi) is 3.92. The lowest BCUT2D eigenvalue weighted by Gasteiger charge is -2.22. The van der Waals surface area contributed by atoms with E-state index in [1.54, 1.807) is 0 Å². The molecule has 0 aliphatic heterocycles. The Morgan fingerprint density at radius 1 is 1.29 bits per heavy atom. The molecular formula is C13H21N3O. The van der Waals surface area contributed by atoms with Crippen LogP contribution < -0.4 is 0 Å². The molecule has 0 aliphatic carbocycles. The Hall–Kier alpha value is -1.37. The molecule has 0 fully saturated rings. The summed E-state index contributed by atoms with van der Waals surface area (Å²) < 4.78 is 5.26. The first kappa shape index (κ1) is 13.7. The molecule has 1 rings (SSSR count). The van der Waals surface area contributed by atoms with Crippen molar-refractivity contribution in [3.63, 3.8) is 0 Å². The van der Waals surface area contributed by atoms with Gasteiger partial charge in [0.2, 0.25) is 5.89 Å². The quantitative estimate of drug-likeness (QED) is 0.803. The predicted octanol–water partition coefficient (Wildman–Crippen LogP) is 3.24. The maximum Gasteiger partial charge on any atom is 0.227 e. The van der Waals surface area contributed by atoms with Crippen LogP contribution in [0.2, 0.25) is 0 Å². The van der Waals surface area contributed by atoms with Gasteiger partial charge in [-0.15, -0.1) is 0 Å². The molecule has 1 aromatic rings. The number of hydrogen-bond donors (Lipinski definition) is 0. The summed E-state index contributed by atoms with van der Waals surface area (Å²) in [6.45, 7) is 10.3. The molecule has 0 saturated carbocycles. The third kappa shape index (κ3) is 3.55. The summed E-state index contributed by atoms with van der Waals surface area (Å²) in [5, 5.41) is 12.8. The molecule has 0 spiro atoms. The van der Waals surface area contributed by atoms with Gasteiger partial charge in [-0.25, -0.2) is 0 Å². The van der Waals surface area contributed by atoms with Gasteiger partial charge in [-0.3, -0.25) is 0 Å². The second kappa shape index (κ2) is 4.87. The molecule has 1 unspecified atom stereocenters. The molecule has 0 amide bonds. The molecule has 0 bridgehead atoms. The second-order valence-electron chi connectivity index (χ2n) is 5.94. The molecule has 1 heterocycles. The zero-order valence-electron chi connectivity index (χ0n) is 11.4. The standard InChI is InChI=1S/C13H21N3O/c1-6-13(5,7-8-14)9-10-15-11(16-17-10)12(2,3)4/h6-7,9H2,1-5H3. The first-order chi connectivity index (χ1) is 7.80. The lowest BCUT2D eigenvalue weighted by molar-refractivity contribution is 0.264. The Bertz CT molecular complexity index is 411. The van der Waals surface area contributed by atoms with Crippen molar-refractivity contribution in [3.05, 3.63) is 11.7 Å². The molecule has 0 aromatic carbocycles. The number of rotatable bonds is 4. The highest BCUT2D eigenvalue weighted by molar-refractivity contribution is 5.01. The third-order valence-corrected chi connectivity index (χ3v) is 3.08. The fourth-order valence-electron chi connectivity index (χ4n) is 1.50. The summed E-state index contributed by atoms with van der Waals surface area (Å²) in [7, 11) is 0. The van der Waals surface area contributed by atoms with Gasteiger partial charge in [-0.05, 0) is 11.8 Å². The Morgan fingerprint density at radius 3 is 2.35 bits per heavy atom. The van der Waals surface area contributed by atoms with E-state index in [2.05, 4.69) is 50.8 Å². The smallest absolute Gasteiger partial charge is 0.227 e. The molecule has 4 heteroatoms. The lowest BCUT2D eigenvalue weighted by Crippen LogP contribution is -2.18. The molecule has 0 aliphatic rings. The molecule has 1 aromatic heterocycles. The van der Waals surface area contributed by atoms with Gasteiger partial charge in [0.15, 0.2) is 5.82 Å². The van der Waals surface area contributed by atoms with Crippen LogP contribution in [0, 0.1) is 16.7 Å². The van der Waals surface area contributed by atoms with E-state index in [4.69, 9.17) is 9.78 Å². The highest BCUT2D eigenvalue weighted by Crippen LogP contribution is 2.30. The average Bonchev–Trinajstić information content (AvgIpc) is 2.66. The number of nitrogens with zero attached hydrogens (tertiary/aromatic N) is 3. The first-order valence-electron chi connectivity index (χ1n) is 6.01. The van der Waals surface area contributed by atoms with Gasteiger partial charge >= 0.3 is 0 Å². The highest BCUT2D eigenvalue weighted by atomic mass is 16.5. The molecule has 0 saturated heterocycles. The minimum atomic E-state index is -0.0976. The van der Waals surface area contributed by atoms with E-state index in [1.807, 2.05) is 0 Å². The SMILES string of the molecule is CCC(C)(CC#N)Cc1nc(C(C)(C)C)no1. The van der Waals surface area contributed by atoms with Crippen molar-refractivity contribution < 1.29 is 4.52 Å². The summed E-state index contributed by atoms with van der Waals surface area (Å²) in [4.78, 5) is 4.41. The van der Waals surface area contributed by atoms with Gasteiger partial charge in [-0.1, -0.05) is 39.8 Å². The van der Waals surface area contributed by atoms with Crippen LogP contribution in [0.25, 0.3) is 0 Å². The van der Waals surface area contributed by atoms with Gasteiger partial charge in [0.1, 0.15) is 0 Å². The Balaban J connectivity index is 2.82. The van der Waals surface area contributed by atoms with E-state index in [0.717, 1.165) is 12.2 Å². The summed E-state index contributed by atoms with van der Waals surface area (Å²) >= 11 is 0. The summed E-state index contributed by atoms with van der Waals surface area (Å²) in [5.41, 5.74) is -0.171. The molecule has 4 nitrogen and oxygen atoms in total. The van der Waals surface area contributed by atoms with Crippen LogP contribution in [-0.2, 0) is 11.8 Å². The largest absolute Gasteiger partial charge is 0.339 e. The monoisotopic (exact) mass is 235 g/mol. The normalized spacial score (nSPS) is 15.3. The molecule has 94 valence electrons. The zero-order valence-corrected chi connectivity index (χ0v) is 11.4. The van der Waals surface area contributed by atoms with E-state index >= 15 is 0 Å². The van der Waals surface area contributed by atoms with Crippen LogP contribution >= 0.6 is 0 Å². The van der Waals surface area contributed by atoms with Gasteiger partial charge in [-0.2, -0.15) is 10.2 Å². The van der Waals surface area contributed by atoms with Crippen molar-refractivity contribution in [1.29, 1.82) is 5.26 Å². The average molecular weight is 235 g/mol. The highest BCUT2D eigenvalue weighted by Gasteiger charge is 2.27. The lowest BCUT2D eigenvalue weighted by atomic mass is 9.81. The number of nitriles is 1. The van der Waals surface area contributed by atoms with Crippen molar-refractivity contribution in [2.45, 2.75) is 59.3 Å². The minimum Gasteiger partial charge on any atom is -0.339 e. The fourth-order valence-corrected chi connectivity index (χ4v) is 1.50. The van der Waals surface area contributed by atoms with E-state index in [9.17, 15) is 0 Å². The number of aromatic nitrogens is 2. The van der Waals surface area contributed by atoms with E-state index in [1.165, 1.54) is 0 Å². The van der Waals surface area contributed by atoms with Crippen LogP contribution in [-0.4, -0.2) is 10.1 Å². The fraction of sp³-hybridized carbons (Fsp3) is 0.769. The summed E-state index contributed by atoms with van der Waals surface area (Å²) in [6.07, 6.45) is 2.10. The summed E-state index contributed by atoms with van der Waals surface area (Å²) in [6, 6.07) is 2.23. The van der Waals surface area contributed by atoms with Crippen LogP contribution in [0.15, 0.2) is 4.52 Å². The molecule has 1 atom stereocenters. The topological polar surface area (TPSA) is 62.7 Å².